The van der Waals surface area contributed by atoms with Gasteiger partial charge in [-0.25, -0.2) is 9.78 Å². The van der Waals surface area contributed by atoms with Gasteiger partial charge in [-0.05, 0) is 19.1 Å². The van der Waals surface area contributed by atoms with E-state index in [1.165, 1.54) is 18.2 Å². The van der Waals surface area contributed by atoms with Crippen LogP contribution in [0.5, 0.6) is 0 Å². The normalized spacial score (nSPS) is 12.4. The number of hydrogen-bond donors (Lipinski definition) is 3. The molecule has 0 spiro atoms. The molecule has 1 rings (SSSR count). The lowest BCUT2D eigenvalue weighted by atomic mass is 9.95. The number of amides is 2. The van der Waals surface area contributed by atoms with Crippen LogP contribution >= 0.6 is 0 Å². The minimum atomic E-state index is -1.18. The Bertz CT molecular complexity index is 564. The van der Waals surface area contributed by atoms with E-state index in [0.717, 1.165) is 0 Å². The molecule has 3 N–H and O–H groups in total. The van der Waals surface area contributed by atoms with Crippen LogP contribution in [0.4, 0.5) is 5.82 Å². The summed E-state index contributed by atoms with van der Waals surface area (Å²) in [6, 6.07) is 3.52. The maximum Gasteiger partial charge on any atom is 0.354 e. The average molecular weight is 293 g/mol. The van der Waals surface area contributed by atoms with Crippen molar-refractivity contribution < 1.29 is 19.5 Å². The third-order valence-electron chi connectivity index (χ3n) is 2.64. The molecule has 0 fully saturated rings. The van der Waals surface area contributed by atoms with E-state index in [1.54, 1.807) is 27.7 Å². The lowest BCUT2D eigenvalue weighted by molar-refractivity contribution is -0.131. The third kappa shape index (κ3) is 4.87. The van der Waals surface area contributed by atoms with Crippen LogP contribution in [0.2, 0.25) is 0 Å². The van der Waals surface area contributed by atoms with Crippen LogP contribution in [0.1, 0.15) is 38.2 Å². The molecule has 0 aliphatic rings. The molecule has 0 saturated carbocycles. The van der Waals surface area contributed by atoms with Gasteiger partial charge in [0.05, 0.1) is 0 Å². The second-order valence-electron chi connectivity index (χ2n) is 5.65. The fourth-order valence-electron chi connectivity index (χ4n) is 1.34. The van der Waals surface area contributed by atoms with E-state index in [4.69, 9.17) is 5.11 Å². The van der Waals surface area contributed by atoms with Crippen molar-refractivity contribution in [3.8, 4) is 0 Å². The zero-order chi connectivity index (χ0) is 16.2. The average Bonchev–Trinajstić information content (AvgIpc) is 2.37. The highest BCUT2D eigenvalue weighted by molar-refractivity contribution is 5.97. The van der Waals surface area contributed by atoms with Crippen LogP contribution in [-0.4, -0.2) is 33.9 Å². The van der Waals surface area contributed by atoms with E-state index in [-0.39, 0.29) is 17.4 Å². The van der Waals surface area contributed by atoms with Crippen LogP contribution in [0.3, 0.4) is 0 Å². The Morgan fingerprint density at radius 3 is 2.38 bits per heavy atom. The van der Waals surface area contributed by atoms with Crippen molar-refractivity contribution in [2.45, 2.75) is 33.7 Å². The number of nitrogens with zero attached hydrogens (tertiary/aromatic N) is 1. The van der Waals surface area contributed by atoms with Crippen molar-refractivity contribution in [2.24, 2.45) is 5.41 Å². The van der Waals surface area contributed by atoms with Crippen molar-refractivity contribution in [1.82, 2.24) is 10.3 Å². The molecule has 1 aromatic heterocycles. The van der Waals surface area contributed by atoms with Crippen molar-refractivity contribution in [3.05, 3.63) is 23.9 Å². The molecule has 114 valence electrons. The Kier molecular flexibility index (Phi) is 5.02. The minimum Gasteiger partial charge on any atom is -0.477 e. The number of carbonyl (C=O) groups is 3. The summed E-state index contributed by atoms with van der Waals surface area (Å²) in [6.07, 6.45) is 0. The third-order valence-corrected chi connectivity index (χ3v) is 2.64. The second kappa shape index (κ2) is 6.34. The van der Waals surface area contributed by atoms with Gasteiger partial charge in [-0.15, -0.1) is 0 Å². The molecule has 0 saturated heterocycles. The lowest BCUT2D eigenvalue weighted by Gasteiger charge is -2.21. The van der Waals surface area contributed by atoms with Crippen molar-refractivity contribution in [1.29, 1.82) is 0 Å². The predicted molar refractivity (Wildman–Crippen MR) is 76.9 cm³/mol. The first-order valence-corrected chi connectivity index (χ1v) is 6.43. The largest absolute Gasteiger partial charge is 0.477 e. The van der Waals surface area contributed by atoms with E-state index in [2.05, 4.69) is 15.6 Å². The first-order chi connectivity index (χ1) is 9.61. The summed E-state index contributed by atoms with van der Waals surface area (Å²) in [5, 5.41) is 13.9. The van der Waals surface area contributed by atoms with Crippen LogP contribution < -0.4 is 10.6 Å². The van der Waals surface area contributed by atoms with E-state index in [9.17, 15) is 14.4 Å². The monoisotopic (exact) mass is 293 g/mol. The quantitative estimate of drug-likeness (QED) is 0.774. The summed E-state index contributed by atoms with van der Waals surface area (Å²) in [5.74, 6) is -1.78. The molecular formula is C14H19N3O4. The summed E-state index contributed by atoms with van der Waals surface area (Å²) in [6.45, 7) is 6.76. The molecular weight excluding hydrogens is 274 g/mol. The fourth-order valence-corrected chi connectivity index (χ4v) is 1.34. The smallest absolute Gasteiger partial charge is 0.354 e. The maximum atomic E-state index is 11.9. The molecule has 0 radical (unpaired) electrons. The first-order valence-electron chi connectivity index (χ1n) is 6.43. The van der Waals surface area contributed by atoms with Crippen molar-refractivity contribution >= 4 is 23.6 Å². The standard InChI is InChI=1S/C14H19N3O4/c1-8(15-13(21)14(2,3)4)11(18)17-10-7-5-6-9(16-10)12(19)20/h5-8H,1-4H3,(H,15,21)(H,19,20)(H,16,17,18). The van der Waals surface area contributed by atoms with Gasteiger partial charge in [0.1, 0.15) is 11.9 Å². The first kappa shape index (κ1) is 16.6. The molecule has 0 bridgehead atoms. The van der Waals surface area contributed by atoms with Gasteiger partial charge in [0.15, 0.2) is 5.69 Å². The molecule has 1 atom stereocenters. The molecule has 7 nitrogen and oxygen atoms in total. The number of nitrogens with one attached hydrogen (secondary N) is 2. The van der Waals surface area contributed by atoms with Gasteiger partial charge in [0.25, 0.3) is 0 Å². The molecule has 0 aromatic carbocycles. The summed E-state index contributed by atoms with van der Waals surface area (Å²) in [5.41, 5.74) is -0.769. The minimum absolute atomic E-state index is 0.122. The lowest BCUT2D eigenvalue weighted by Crippen LogP contribution is -2.46. The Balaban J connectivity index is 2.71. The number of carbonyl (C=O) groups excluding carboxylic acids is 2. The Hall–Kier alpha value is -2.44. The Morgan fingerprint density at radius 1 is 1.24 bits per heavy atom. The van der Waals surface area contributed by atoms with E-state index in [0.29, 0.717) is 0 Å². The van der Waals surface area contributed by atoms with Crippen LogP contribution in [0.25, 0.3) is 0 Å². The van der Waals surface area contributed by atoms with Crippen LogP contribution in [0, 0.1) is 5.41 Å². The van der Waals surface area contributed by atoms with Gasteiger partial charge >= 0.3 is 5.97 Å². The summed E-state index contributed by atoms with van der Waals surface area (Å²) >= 11 is 0. The second-order valence-corrected chi connectivity index (χ2v) is 5.65. The van der Waals surface area contributed by atoms with Crippen LogP contribution in [-0.2, 0) is 9.59 Å². The molecule has 1 aromatic rings. The van der Waals surface area contributed by atoms with E-state index >= 15 is 0 Å². The van der Waals surface area contributed by atoms with Crippen molar-refractivity contribution in [3.63, 3.8) is 0 Å². The number of pyridine rings is 1. The van der Waals surface area contributed by atoms with Gasteiger partial charge in [0, 0.05) is 5.41 Å². The zero-order valence-electron chi connectivity index (χ0n) is 12.4. The SMILES string of the molecule is CC(NC(=O)C(C)(C)C)C(=O)Nc1cccc(C(=O)O)n1. The molecule has 0 aliphatic heterocycles. The van der Waals surface area contributed by atoms with Gasteiger partial charge in [0.2, 0.25) is 11.8 Å². The molecule has 1 unspecified atom stereocenters. The number of hydrogen-bond acceptors (Lipinski definition) is 4. The van der Waals surface area contributed by atoms with Gasteiger partial charge in [-0.2, -0.15) is 0 Å². The predicted octanol–water partition coefficient (Wildman–Crippen LogP) is 1.27. The summed E-state index contributed by atoms with van der Waals surface area (Å²) in [4.78, 5) is 38.3. The molecule has 21 heavy (non-hydrogen) atoms. The van der Waals surface area contributed by atoms with Gasteiger partial charge in [-0.3, -0.25) is 9.59 Å². The number of carboxylic acids is 1. The number of carboxylic acid groups (broad SMARTS) is 1. The summed E-state index contributed by atoms with van der Waals surface area (Å²) < 4.78 is 0. The summed E-state index contributed by atoms with van der Waals surface area (Å²) in [7, 11) is 0. The highest BCUT2D eigenvalue weighted by atomic mass is 16.4. The zero-order valence-corrected chi connectivity index (χ0v) is 12.4. The maximum absolute atomic E-state index is 11.9. The van der Waals surface area contributed by atoms with E-state index in [1.807, 2.05) is 0 Å². The van der Waals surface area contributed by atoms with Gasteiger partial charge < -0.3 is 15.7 Å². The number of aromatic carboxylic acids is 1. The highest BCUT2D eigenvalue weighted by Crippen LogP contribution is 2.13. The molecule has 2 amide bonds. The number of aromatic nitrogens is 1. The number of rotatable bonds is 4. The topological polar surface area (TPSA) is 108 Å². The Morgan fingerprint density at radius 2 is 1.86 bits per heavy atom. The number of anilines is 1. The van der Waals surface area contributed by atoms with E-state index < -0.39 is 23.3 Å². The highest BCUT2D eigenvalue weighted by Gasteiger charge is 2.25. The van der Waals surface area contributed by atoms with Crippen LogP contribution in [0.15, 0.2) is 18.2 Å². The Labute approximate surface area is 122 Å². The molecule has 0 aliphatic carbocycles. The van der Waals surface area contributed by atoms with Crippen molar-refractivity contribution in [2.75, 3.05) is 5.32 Å². The molecule has 1 heterocycles. The fraction of sp³-hybridized carbons (Fsp3) is 0.429. The molecule has 7 heteroatoms. The van der Waals surface area contributed by atoms with Gasteiger partial charge in [-0.1, -0.05) is 26.8 Å².